The third-order valence-corrected chi connectivity index (χ3v) is 4.50. The molecule has 0 heterocycles. The summed E-state index contributed by atoms with van der Waals surface area (Å²) in [5.74, 6) is 0.0256. The second-order valence-corrected chi connectivity index (χ2v) is 5.83. The number of alkyl halides is 1. The Morgan fingerprint density at radius 2 is 1.94 bits per heavy atom. The van der Waals surface area contributed by atoms with Crippen LogP contribution in [-0.4, -0.2) is 64.4 Å². The first-order valence-electron chi connectivity index (χ1n) is 5.03. The number of hydrogen-bond acceptors (Lipinski definition) is 4. The first-order valence-corrected chi connectivity index (χ1v) is 7.17. The van der Waals surface area contributed by atoms with Crippen LogP contribution in [0.2, 0.25) is 0 Å². The van der Waals surface area contributed by atoms with Gasteiger partial charge in [0.1, 0.15) is 0 Å². The van der Waals surface area contributed by atoms with Gasteiger partial charge in [0, 0.05) is 32.7 Å². The van der Waals surface area contributed by atoms with Gasteiger partial charge in [-0.1, -0.05) is 0 Å². The lowest BCUT2D eigenvalue weighted by Gasteiger charge is -2.27. The van der Waals surface area contributed by atoms with E-state index in [9.17, 15) is 8.42 Å². The maximum absolute atomic E-state index is 11.9. The van der Waals surface area contributed by atoms with Crippen molar-refractivity contribution in [1.29, 1.82) is 0 Å². The third kappa shape index (κ3) is 5.45. The van der Waals surface area contributed by atoms with E-state index in [4.69, 9.17) is 21.1 Å². The molecule has 16 heavy (non-hydrogen) atoms. The molecule has 0 fully saturated rings. The van der Waals surface area contributed by atoms with Crippen LogP contribution in [0.3, 0.4) is 0 Å². The molecule has 0 aliphatic carbocycles. The number of ether oxygens (including phenoxy) is 2. The average Bonchev–Trinajstić information content (AvgIpc) is 2.18. The van der Waals surface area contributed by atoms with Crippen LogP contribution in [0.5, 0.6) is 0 Å². The number of halogens is 1. The van der Waals surface area contributed by atoms with Crippen LogP contribution < -0.4 is 0 Å². The van der Waals surface area contributed by atoms with Crippen molar-refractivity contribution in [2.75, 3.05) is 45.6 Å². The zero-order chi connectivity index (χ0) is 12.6. The maximum atomic E-state index is 11.9. The smallest absolute Gasteiger partial charge is 0.215 e. The topological polar surface area (TPSA) is 55.8 Å². The minimum absolute atomic E-state index is 0.0632. The van der Waals surface area contributed by atoms with Crippen LogP contribution in [0.1, 0.15) is 6.92 Å². The maximum Gasteiger partial charge on any atom is 0.215 e. The third-order valence-electron chi connectivity index (χ3n) is 2.11. The Bertz CT molecular complexity index is 271. The molecular formula is C9H20ClNO4S. The molecule has 1 unspecified atom stereocenters. The van der Waals surface area contributed by atoms with E-state index in [0.29, 0.717) is 19.8 Å². The Hall–Kier alpha value is 0.120. The van der Waals surface area contributed by atoms with Crippen molar-refractivity contribution in [3.63, 3.8) is 0 Å². The second-order valence-electron chi connectivity index (χ2n) is 3.41. The summed E-state index contributed by atoms with van der Waals surface area (Å²) in [5.41, 5.74) is 0. The lowest BCUT2D eigenvalue weighted by Crippen LogP contribution is -2.44. The van der Waals surface area contributed by atoms with Gasteiger partial charge in [-0.25, -0.2) is 8.42 Å². The van der Waals surface area contributed by atoms with E-state index in [0.717, 1.165) is 0 Å². The fraction of sp³-hybridized carbons (Fsp3) is 1.00. The lowest BCUT2D eigenvalue weighted by molar-refractivity contribution is 0.119. The van der Waals surface area contributed by atoms with Gasteiger partial charge in [-0.05, 0) is 6.92 Å². The number of hydrogen-bond donors (Lipinski definition) is 0. The van der Waals surface area contributed by atoms with Gasteiger partial charge < -0.3 is 9.47 Å². The van der Waals surface area contributed by atoms with Gasteiger partial charge in [-0.15, -0.1) is 11.6 Å². The Balaban J connectivity index is 4.64. The zero-order valence-electron chi connectivity index (χ0n) is 9.98. The molecule has 0 aromatic heterocycles. The van der Waals surface area contributed by atoms with Gasteiger partial charge in [0.2, 0.25) is 10.0 Å². The molecular weight excluding hydrogens is 254 g/mol. The highest BCUT2D eigenvalue weighted by atomic mass is 35.5. The van der Waals surface area contributed by atoms with E-state index in [-0.39, 0.29) is 17.7 Å². The molecule has 0 aromatic rings. The molecule has 0 aliphatic heterocycles. The van der Waals surface area contributed by atoms with Gasteiger partial charge in [-0.3, -0.25) is 0 Å². The number of methoxy groups -OCH3 is 2. The van der Waals surface area contributed by atoms with E-state index in [1.165, 1.54) is 11.4 Å². The van der Waals surface area contributed by atoms with Crippen molar-refractivity contribution in [2.45, 2.75) is 13.0 Å². The lowest BCUT2D eigenvalue weighted by atomic mass is 10.3. The Morgan fingerprint density at radius 1 is 1.31 bits per heavy atom. The molecule has 0 saturated heterocycles. The monoisotopic (exact) mass is 273 g/mol. The molecule has 0 aliphatic rings. The number of sulfonamides is 1. The van der Waals surface area contributed by atoms with E-state index in [1.807, 2.05) is 0 Å². The summed E-state index contributed by atoms with van der Waals surface area (Å²) in [4.78, 5) is 0. The molecule has 0 rings (SSSR count). The van der Waals surface area contributed by atoms with E-state index >= 15 is 0 Å². The summed E-state index contributed by atoms with van der Waals surface area (Å²) in [6.45, 7) is 2.83. The predicted octanol–water partition coefficient (Wildman–Crippen LogP) is 0.538. The minimum Gasteiger partial charge on any atom is -0.383 e. The first kappa shape index (κ1) is 16.1. The Morgan fingerprint density at radius 3 is 2.38 bits per heavy atom. The van der Waals surface area contributed by atoms with Crippen LogP contribution in [0, 0.1) is 0 Å². The number of nitrogens with zero attached hydrogens (tertiary/aromatic N) is 1. The molecule has 1 atom stereocenters. The van der Waals surface area contributed by atoms with Gasteiger partial charge in [0.15, 0.2) is 0 Å². The van der Waals surface area contributed by atoms with E-state index < -0.39 is 10.0 Å². The summed E-state index contributed by atoms with van der Waals surface area (Å²) < 4.78 is 35.0. The molecule has 0 amide bonds. The summed E-state index contributed by atoms with van der Waals surface area (Å²) in [6.07, 6.45) is 0. The van der Waals surface area contributed by atoms with E-state index in [1.54, 1.807) is 14.0 Å². The van der Waals surface area contributed by atoms with Crippen molar-refractivity contribution in [2.24, 2.45) is 0 Å². The predicted molar refractivity (Wildman–Crippen MR) is 64.4 cm³/mol. The Kier molecular flexibility index (Phi) is 8.31. The first-order chi connectivity index (χ1) is 7.49. The van der Waals surface area contributed by atoms with Crippen LogP contribution in [0.4, 0.5) is 0 Å². The molecule has 0 bridgehead atoms. The van der Waals surface area contributed by atoms with Crippen LogP contribution >= 0.6 is 11.6 Å². The highest BCUT2D eigenvalue weighted by Gasteiger charge is 2.26. The Labute approximate surface area is 103 Å². The van der Waals surface area contributed by atoms with Gasteiger partial charge in [-0.2, -0.15) is 4.31 Å². The van der Waals surface area contributed by atoms with Crippen molar-refractivity contribution in [3.8, 4) is 0 Å². The second kappa shape index (κ2) is 8.25. The van der Waals surface area contributed by atoms with Crippen molar-refractivity contribution < 1.29 is 17.9 Å². The molecule has 0 spiro atoms. The average molecular weight is 274 g/mol. The quantitative estimate of drug-likeness (QED) is 0.576. The standard InChI is InChI=1S/C9H20ClNO4S/c1-9(8-15-3)11(5-6-14-2)16(12,13)7-4-10/h9H,4-8H2,1-3H3. The fourth-order valence-electron chi connectivity index (χ4n) is 1.35. The summed E-state index contributed by atoms with van der Waals surface area (Å²) in [6, 6.07) is -0.214. The summed E-state index contributed by atoms with van der Waals surface area (Å²) in [7, 11) is -0.249. The van der Waals surface area contributed by atoms with E-state index in [2.05, 4.69) is 0 Å². The van der Waals surface area contributed by atoms with Gasteiger partial charge in [0.25, 0.3) is 0 Å². The highest BCUT2D eigenvalue weighted by Crippen LogP contribution is 2.08. The molecule has 5 nitrogen and oxygen atoms in total. The van der Waals surface area contributed by atoms with Gasteiger partial charge in [0.05, 0.1) is 19.0 Å². The molecule has 7 heteroatoms. The van der Waals surface area contributed by atoms with Crippen LogP contribution in [0.25, 0.3) is 0 Å². The summed E-state index contributed by atoms with van der Waals surface area (Å²) >= 11 is 5.48. The van der Waals surface area contributed by atoms with Crippen molar-refractivity contribution in [3.05, 3.63) is 0 Å². The van der Waals surface area contributed by atoms with Crippen molar-refractivity contribution >= 4 is 21.6 Å². The minimum atomic E-state index is -3.32. The van der Waals surface area contributed by atoms with Crippen LogP contribution in [0.15, 0.2) is 0 Å². The van der Waals surface area contributed by atoms with Crippen molar-refractivity contribution in [1.82, 2.24) is 4.31 Å². The number of rotatable bonds is 9. The largest absolute Gasteiger partial charge is 0.383 e. The van der Waals surface area contributed by atoms with Crippen LogP contribution in [-0.2, 0) is 19.5 Å². The molecule has 0 N–H and O–H groups in total. The highest BCUT2D eigenvalue weighted by molar-refractivity contribution is 7.89. The summed E-state index contributed by atoms with van der Waals surface area (Å²) in [5, 5.41) is 0. The van der Waals surface area contributed by atoms with Gasteiger partial charge >= 0.3 is 0 Å². The fourth-order valence-corrected chi connectivity index (χ4v) is 3.33. The molecule has 0 radical (unpaired) electrons. The molecule has 0 aromatic carbocycles. The molecule has 98 valence electrons. The molecule has 0 saturated carbocycles. The zero-order valence-corrected chi connectivity index (χ0v) is 11.6. The normalized spacial score (nSPS) is 14.3. The SMILES string of the molecule is COCCN(C(C)COC)S(=O)(=O)CCCl.